The molecule has 3 saturated heterocycles. The molecule has 9 aromatic rings. The number of H-pyrrole nitrogens is 2. The quantitative estimate of drug-likeness (QED) is 0.0132. The number of methoxy groups -OCH3 is 1. The van der Waals surface area contributed by atoms with Gasteiger partial charge >= 0.3 is 44.6 Å². The van der Waals surface area contributed by atoms with Crippen LogP contribution in [-0.4, -0.2) is 160 Å². The topological polar surface area (TPSA) is 307 Å². The Morgan fingerprint density at radius 2 is 0.760 bits per heavy atom. The Morgan fingerprint density at radius 3 is 1.14 bits per heavy atom. The van der Waals surface area contributed by atoms with Crippen molar-refractivity contribution in [3.05, 3.63) is 189 Å². The van der Waals surface area contributed by atoms with Crippen molar-refractivity contribution in [1.82, 2.24) is 25.7 Å². The van der Waals surface area contributed by atoms with Gasteiger partial charge in [-0.25, -0.2) is 14.7 Å². The second kappa shape index (κ2) is 59.9. The molecule has 6 aliphatic carbocycles. The van der Waals surface area contributed by atoms with Crippen LogP contribution < -0.4 is 48.0 Å². The molecule has 26 nitrogen and oxygen atoms in total. The highest BCUT2D eigenvalue weighted by Gasteiger charge is 2.64. The number of carbonyl (C=O) groups is 2. The van der Waals surface area contributed by atoms with Gasteiger partial charge in [-0.2, -0.15) is 0 Å². The summed E-state index contributed by atoms with van der Waals surface area (Å²) in [5, 5.41) is 48.1. The number of aromatic amines is 2. The van der Waals surface area contributed by atoms with Gasteiger partial charge in [0, 0.05) is 32.5 Å². The van der Waals surface area contributed by atoms with Crippen LogP contribution in [0.4, 0.5) is 0 Å². The number of carbonyl (C=O) groups excluding carboxylic acids is 1. The number of carboxylic acid groups (broad SMARTS) is 1. The zero-order chi connectivity index (χ0) is 108. The number of carboxylic acids is 1. The van der Waals surface area contributed by atoms with E-state index in [0.29, 0.717) is 115 Å². The van der Waals surface area contributed by atoms with E-state index in [4.69, 9.17) is 150 Å². The average molecular weight is 2390 g/mol. The zero-order valence-corrected chi connectivity index (χ0v) is 98.5. The summed E-state index contributed by atoms with van der Waals surface area (Å²) in [6.07, 6.45) is 39.3. The van der Waals surface area contributed by atoms with Crippen LogP contribution in [0.3, 0.4) is 0 Å². The van der Waals surface area contributed by atoms with Gasteiger partial charge in [0.1, 0.15) is 64.0 Å². The van der Waals surface area contributed by atoms with Crippen molar-refractivity contribution < 1.29 is 100 Å². The minimum atomic E-state index is -1.20. The standard InChI is InChI=1S/C26H30ClN3O5.C19H28BClO3.C16H18ClN3O4.C13H16BrClO.C13H17ClO2.C12H24B2O4.C7H13Br.C6H4BrClO/c1-3-33-26(31)24-25(30(29-28-24)16-18-9-11-20(32-2)12-10-18)35-21-13-14-22(27)23(15-21)34-17-19-7-5-4-6-8-19;1-18(2)19(3,4)24-20(23-18)15-10-11-16(21)17(12-15)22-13-14-8-6-5-7-9-14;17-12-7-6-11(24-15-14(16(21)22)18-20-19-15)8-13(12)23-9-10-4-2-1-3-5-10;14-11-6-7-12(15)13(8-11)16-9-10-4-2-1-3-5-10;14-12-7-6-11(15)8-13(12)16-9-10-4-2-1-3-5-10;1-9(2)10(3,4)16-13(15-9)14-17-11(5,6)12(7,8)18-14;8-6-7-4-2-1-3-5-7;7-4-1-2-5(8)6(9)3-4/h9-15,19H,3-8,16-17H2,1-2H3;10-12,14H,5-9,13H2,1-4H3;6-8,10H,1-5,9H2,(H,21,22)(H,18,19,20);6-8,10H,1-5,9H2;6-8,10,15H,1-5,9H2;1-8H3;7H,1-6H2;1-3,9H/p+1. The molecule has 150 heavy (non-hydrogen) atoms. The smallest absolute Gasteiger partial charge is 0.494 e. The number of halogens is 9. The highest BCUT2D eigenvalue weighted by molar-refractivity contribution is 9.10. The van der Waals surface area contributed by atoms with Crippen molar-refractivity contribution in [1.29, 1.82) is 0 Å². The van der Waals surface area contributed by atoms with E-state index in [1.54, 1.807) is 91.5 Å². The van der Waals surface area contributed by atoms with E-state index >= 15 is 0 Å². The molecule has 18 rings (SSSR count). The maximum Gasteiger partial charge on any atom is 0.494 e. The first-order valence-corrected chi connectivity index (χ1v) is 58.0. The molecule has 6 saturated carbocycles. The Morgan fingerprint density at radius 1 is 0.413 bits per heavy atom. The van der Waals surface area contributed by atoms with E-state index in [0.717, 1.165) is 56.4 Å². The predicted molar refractivity (Wildman–Crippen MR) is 606 cm³/mol. The Hall–Kier alpha value is -7.11. The Kier molecular flexibility index (Phi) is 49.1. The van der Waals surface area contributed by atoms with Gasteiger partial charge < -0.3 is 85.9 Å². The lowest BCUT2D eigenvalue weighted by atomic mass is 9.49. The number of aromatic hydroxyl groups is 2. The molecule has 0 unspecified atom stereocenters. The van der Waals surface area contributed by atoms with E-state index in [1.165, 1.54) is 198 Å². The van der Waals surface area contributed by atoms with Crippen LogP contribution in [0.25, 0.3) is 0 Å². The number of benzene rings is 7. The molecule has 9 aliphatic rings. The van der Waals surface area contributed by atoms with Crippen LogP contribution in [0.5, 0.6) is 69.3 Å². The van der Waals surface area contributed by atoms with E-state index in [1.807, 2.05) is 116 Å². The van der Waals surface area contributed by atoms with E-state index < -0.39 is 26.0 Å². The van der Waals surface area contributed by atoms with Gasteiger partial charge in [0.15, 0.2) is 0 Å². The number of esters is 1. The molecule has 820 valence electrons. The SMILES string of the molecule is BrCC1CCCCC1.CC1(C)OB(B2OC(C)(C)C(C)(C)O2)OC1(C)C.CC1(C)OB(c2ccc(Cl)c(OCC3CCCCC3)c2)OC1(C)C.CCOC(=O)c1[nH]n[n+](Cc2ccc(OC)cc2)c1Oc1ccc(Cl)c(OCC2CCCCC2)c1.Clc1ccc(Br)cc1OCC1CCCCC1.O=C(O)c1[nH]nnc1Oc1ccc(Cl)c(OCC2CCCCC2)c1.Oc1cc(Br)ccc1Cl.Oc1ccc(Cl)c(OCC2CCCCC2)c1. The average Bonchev–Trinajstić information content (AvgIpc) is 1.59. The normalized spacial score (nSPS) is 18.8. The first-order chi connectivity index (χ1) is 71.5. The molecule has 0 radical (unpaired) electrons. The summed E-state index contributed by atoms with van der Waals surface area (Å²) in [5.41, 5.74) is -0.312. The zero-order valence-electron chi connectivity index (χ0n) is 89.2. The summed E-state index contributed by atoms with van der Waals surface area (Å²) in [6, 6.07) is 38.9. The van der Waals surface area contributed by atoms with Crippen molar-refractivity contribution >= 4 is 156 Å². The predicted octanol–water partition coefficient (Wildman–Crippen LogP) is 30.9. The molecule has 0 atom stereocenters. The highest BCUT2D eigenvalue weighted by atomic mass is 79.9. The molecule has 0 bridgehead atoms. The molecule has 9 fully saturated rings. The number of rotatable bonds is 28. The number of ether oxygens (including phenoxy) is 9. The van der Waals surface area contributed by atoms with Crippen LogP contribution in [0, 0.1) is 35.5 Å². The minimum Gasteiger partial charge on any atom is -0.508 e. The second-order valence-electron chi connectivity index (χ2n) is 42.8. The van der Waals surface area contributed by atoms with Gasteiger partial charge in [0.2, 0.25) is 5.69 Å². The lowest BCUT2D eigenvalue weighted by Crippen LogP contribution is -2.41. The number of hydrogen-bond donors (Lipinski definition) is 5. The van der Waals surface area contributed by atoms with E-state index in [2.05, 4.69) is 101 Å². The number of alkyl halides is 1. The molecular weight excluding hydrogens is 2230 g/mol. The van der Waals surface area contributed by atoms with Gasteiger partial charge in [-0.15, -0.1) is 5.10 Å². The number of nitrogens with one attached hydrogen (secondary N) is 2. The van der Waals surface area contributed by atoms with Crippen molar-refractivity contribution in [2.75, 3.05) is 52.1 Å². The Labute approximate surface area is 943 Å². The highest BCUT2D eigenvalue weighted by Crippen LogP contribution is 2.46. The number of hydrogen-bond acceptors (Lipinski definition) is 22. The van der Waals surface area contributed by atoms with Gasteiger partial charge in [-0.1, -0.05) is 266 Å². The van der Waals surface area contributed by atoms with Crippen LogP contribution in [0.1, 0.15) is 309 Å². The summed E-state index contributed by atoms with van der Waals surface area (Å²) < 4.78 is 90.9. The summed E-state index contributed by atoms with van der Waals surface area (Å²) in [5.74, 6) is 7.58. The first kappa shape index (κ1) is 123. The molecule has 3 aliphatic heterocycles. The summed E-state index contributed by atoms with van der Waals surface area (Å²) in [7, 11) is 0.283. The summed E-state index contributed by atoms with van der Waals surface area (Å²) >= 11 is 46.6. The lowest BCUT2D eigenvalue weighted by Gasteiger charge is -2.32. The van der Waals surface area contributed by atoms with E-state index in [9.17, 15) is 14.7 Å². The van der Waals surface area contributed by atoms with Gasteiger partial charge in [-0.05, 0) is 311 Å². The number of nitrogens with zero attached hydrogens (tertiary/aromatic N) is 4. The number of aromatic carboxylic acids is 1. The van der Waals surface area contributed by atoms with Crippen LogP contribution in [0.2, 0.25) is 30.1 Å². The van der Waals surface area contributed by atoms with Gasteiger partial charge in [0.05, 0.1) is 116 Å². The summed E-state index contributed by atoms with van der Waals surface area (Å²) in [6.45, 7) is 30.3. The molecule has 38 heteroatoms. The third kappa shape index (κ3) is 38.1. The Balaban J connectivity index is 0.000000168. The molecule has 5 heterocycles. The van der Waals surface area contributed by atoms with Crippen molar-refractivity contribution in [3.63, 3.8) is 0 Å². The molecule has 5 N–H and O–H groups in total. The number of aromatic nitrogens is 6. The molecular formula is C112H151B3Br3Cl6N6O20+. The van der Waals surface area contributed by atoms with Crippen LogP contribution in [-0.2, 0) is 39.2 Å². The number of phenols is 2. The minimum absolute atomic E-state index is 0.103. The third-order valence-electron chi connectivity index (χ3n) is 29.6. The van der Waals surface area contributed by atoms with Gasteiger partial charge in [-0.3, -0.25) is 0 Å². The van der Waals surface area contributed by atoms with Crippen LogP contribution >= 0.6 is 117 Å². The lowest BCUT2D eigenvalue weighted by molar-refractivity contribution is -0.748. The third-order valence-corrected chi connectivity index (χ3v) is 33.4. The molecule has 7 aromatic carbocycles. The largest absolute Gasteiger partial charge is 0.508 e. The molecule has 0 spiro atoms. The first-order valence-electron chi connectivity index (χ1n) is 53.0. The van der Waals surface area contributed by atoms with Crippen molar-refractivity contribution in [2.24, 2.45) is 35.5 Å². The van der Waals surface area contributed by atoms with E-state index in [-0.39, 0.29) is 82.0 Å². The summed E-state index contributed by atoms with van der Waals surface area (Å²) in [4.78, 5) is 23.6. The maximum atomic E-state index is 12.6. The van der Waals surface area contributed by atoms with Crippen molar-refractivity contribution in [2.45, 2.75) is 323 Å². The van der Waals surface area contributed by atoms with Crippen molar-refractivity contribution in [3.8, 4) is 69.3 Å². The fourth-order valence-electron chi connectivity index (χ4n) is 18.3. The second-order valence-corrected chi connectivity index (χ2v) is 47.7. The maximum absolute atomic E-state index is 12.6. The monoisotopic (exact) mass is 2380 g/mol. The van der Waals surface area contributed by atoms with Crippen LogP contribution in [0.15, 0.2) is 142 Å². The molecule has 0 amide bonds. The number of phenolic OH excluding ortho intramolecular Hbond substituents is 2. The fraction of sp³-hybridized carbons (Fsp3) is 0.571. The molecule has 2 aromatic heterocycles. The fourth-order valence-corrected chi connectivity index (χ4v) is 20.6. The van der Waals surface area contributed by atoms with Gasteiger partial charge in [0.25, 0.3) is 5.88 Å². The Bertz CT molecular complexity index is 5510.